The average molecular weight is 378 g/mol. The van der Waals surface area contributed by atoms with Gasteiger partial charge in [-0.2, -0.15) is 0 Å². The fraction of sp³-hybridized carbons (Fsp3) is 0.278. The van der Waals surface area contributed by atoms with Crippen molar-refractivity contribution >= 4 is 34.9 Å². The molecule has 0 aliphatic carbocycles. The van der Waals surface area contributed by atoms with Crippen molar-refractivity contribution in [3.8, 4) is 0 Å². The monoisotopic (exact) mass is 378 g/mol. The zero-order valence-corrected chi connectivity index (χ0v) is 15.2. The van der Waals surface area contributed by atoms with Crippen LogP contribution in [0.15, 0.2) is 30.3 Å². The van der Waals surface area contributed by atoms with Gasteiger partial charge in [0.1, 0.15) is 10.7 Å². The number of nitrogens with one attached hydrogen (secondary N) is 2. The van der Waals surface area contributed by atoms with Gasteiger partial charge in [-0.3, -0.25) is 10.1 Å². The van der Waals surface area contributed by atoms with Gasteiger partial charge in [-0.25, -0.2) is 14.0 Å². The van der Waals surface area contributed by atoms with Crippen molar-refractivity contribution in [2.45, 2.75) is 26.7 Å². The van der Waals surface area contributed by atoms with Gasteiger partial charge in [0.05, 0.1) is 5.69 Å². The molecule has 2 aromatic rings. The Labute approximate surface area is 154 Å². The molecular formula is C18H19FN2O4S. The van der Waals surface area contributed by atoms with Gasteiger partial charge in [0.25, 0.3) is 5.91 Å². The Morgan fingerprint density at radius 2 is 1.96 bits per heavy atom. The summed E-state index contributed by atoms with van der Waals surface area (Å²) in [7, 11) is 0. The zero-order valence-electron chi connectivity index (χ0n) is 14.4. The van der Waals surface area contributed by atoms with E-state index < -0.39 is 30.3 Å². The number of urea groups is 1. The molecule has 0 fully saturated rings. The van der Waals surface area contributed by atoms with E-state index in [0.29, 0.717) is 4.88 Å². The molecule has 3 amide bonds. The summed E-state index contributed by atoms with van der Waals surface area (Å²) in [5.74, 6) is -2.06. The number of benzene rings is 1. The predicted molar refractivity (Wildman–Crippen MR) is 96.9 cm³/mol. The molecule has 0 aliphatic rings. The van der Waals surface area contributed by atoms with Crippen LogP contribution in [0.2, 0.25) is 0 Å². The summed E-state index contributed by atoms with van der Waals surface area (Å²) in [6.45, 7) is 3.36. The first-order valence-corrected chi connectivity index (χ1v) is 8.84. The molecule has 2 N–H and O–H groups in total. The Morgan fingerprint density at radius 3 is 2.65 bits per heavy atom. The summed E-state index contributed by atoms with van der Waals surface area (Å²) < 4.78 is 18.3. The summed E-state index contributed by atoms with van der Waals surface area (Å²) in [5.41, 5.74) is 1.02. The maximum absolute atomic E-state index is 13.4. The number of hydrogen-bond donors (Lipinski definition) is 2. The Kier molecular flexibility index (Phi) is 6.85. The van der Waals surface area contributed by atoms with E-state index in [4.69, 9.17) is 4.74 Å². The number of rotatable bonds is 6. The van der Waals surface area contributed by atoms with Crippen molar-refractivity contribution in [2.75, 3.05) is 11.9 Å². The maximum Gasteiger partial charge on any atom is 0.348 e. The highest BCUT2D eigenvalue weighted by Gasteiger charge is 2.16. The topological polar surface area (TPSA) is 84.5 Å². The van der Waals surface area contributed by atoms with Crippen LogP contribution >= 0.6 is 11.3 Å². The van der Waals surface area contributed by atoms with Crippen LogP contribution in [-0.4, -0.2) is 24.5 Å². The lowest BCUT2D eigenvalue weighted by Gasteiger charge is -2.07. The number of esters is 1. The summed E-state index contributed by atoms with van der Waals surface area (Å²) in [4.78, 5) is 36.8. The Morgan fingerprint density at radius 1 is 1.23 bits per heavy atom. The van der Waals surface area contributed by atoms with E-state index >= 15 is 0 Å². The molecule has 0 aliphatic heterocycles. The molecule has 0 bridgehead atoms. The van der Waals surface area contributed by atoms with Crippen LogP contribution in [0, 0.1) is 12.7 Å². The molecule has 1 aromatic heterocycles. The second kappa shape index (κ2) is 9.10. The second-order valence-electron chi connectivity index (χ2n) is 5.50. The lowest BCUT2D eigenvalue weighted by atomic mass is 10.1. The van der Waals surface area contributed by atoms with Gasteiger partial charge in [0.15, 0.2) is 6.61 Å². The van der Waals surface area contributed by atoms with Crippen LogP contribution in [0.3, 0.4) is 0 Å². The van der Waals surface area contributed by atoms with Gasteiger partial charge in [-0.15, -0.1) is 11.3 Å². The van der Waals surface area contributed by atoms with Crippen LogP contribution in [0.4, 0.5) is 14.9 Å². The SMILES string of the molecule is CCCc1cc(C(=O)OCC(=O)NC(=O)Nc2ccccc2F)sc1C. The number of ether oxygens (including phenoxy) is 1. The second-order valence-corrected chi connectivity index (χ2v) is 6.76. The third kappa shape index (κ3) is 5.38. The normalized spacial score (nSPS) is 10.3. The fourth-order valence-electron chi connectivity index (χ4n) is 2.22. The number of para-hydroxylation sites is 1. The highest BCUT2D eigenvalue weighted by Crippen LogP contribution is 2.23. The number of imide groups is 1. The highest BCUT2D eigenvalue weighted by atomic mass is 32.1. The first-order valence-electron chi connectivity index (χ1n) is 8.02. The minimum absolute atomic E-state index is 0.0627. The summed E-state index contributed by atoms with van der Waals surface area (Å²) in [6, 6.07) is 6.39. The van der Waals surface area contributed by atoms with Gasteiger partial charge in [-0.1, -0.05) is 25.5 Å². The number of thiophene rings is 1. The fourth-order valence-corrected chi connectivity index (χ4v) is 3.18. The summed E-state index contributed by atoms with van der Waals surface area (Å²) in [6.07, 6.45) is 1.83. The number of aryl methyl sites for hydroxylation is 2. The van der Waals surface area contributed by atoms with Gasteiger partial charge < -0.3 is 10.1 Å². The number of hydrogen-bond acceptors (Lipinski definition) is 5. The van der Waals surface area contributed by atoms with E-state index in [-0.39, 0.29) is 5.69 Å². The van der Waals surface area contributed by atoms with E-state index in [1.807, 2.05) is 19.2 Å². The minimum atomic E-state index is -0.909. The molecule has 0 radical (unpaired) electrons. The van der Waals surface area contributed by atoms with Crippen molar-refractivity contribution in [2.24, 2.45) is 0 Å². The standard InChI is InChI=1S/C18H19FN2O4S/c1-3-6-12-9-15(26-11(12)2)17(23)25-10-16(22)21-18(24)20-14-8-5-4-7-13(14)19/h4-5,7-9H,3,6,10H2,1-2H3,(H2,20,21,22,24). The van der Waals surface area contributed by atoms with E-state index in [1.54, 1.807) is 6.07 Å². The number of anilines is 1. The number of halogens is 1. The van der Waals surface area contributed by atoms with Crippen LogP contribution in [-0.2, 0) is 16.0 Å². The molecule has 0 saturated heterocycles. The molecule has 6 nitrogen and oxygen atoms in total. The van der Waals surface area contributed by atoms with Crippen molar-refractivity contribution in [1.82, 2.24) is 5.32 Å². The maximum atomic E-state index is 13.4. The molecule has 0 unspecified atom stereocenters. The van der Waals surface area contributed by atoms with Crippen molar-refractivity contribution in [3.05, 3.63) is 51.5 Å². The lowest BCUT2D eigenvalue weighted by molar-refractivity contribution is -0.123. The quantitative estimate of drug-likeness (QED) is 0.752. The molecular weight excluding hydrogens is 359 g/mol. The number of carbonyl (C=O) groups excluding carboxylic acids is 3. The third-order valence-electron chi connectivity index (χ3n) is 3.45. The van der Waals surface area contributed by atoms with Crippen molar-refractivity contribution in [3.63, 3.8) is 0 Å². The zero-order chi connectivity index (χ0) is 19.1. The first-order chi connectivity index (χ1) is 12.4. The summed E-state index contributed by atoms with van der Waals surface area (Å²) in [5, 5.41) is 4.17. The predicted octanol–water partition coefficient (Wildman–Crippen LogP) is 3.65. The van der Waals surface area contributed by atoms with Crippen LogP contribution < -0.4 is 10.6 Å². The molecule has 26 heavy (non-hydrogen) atoms. The van der Waals surface area contributed by atoms with Crippen molar-refractivity contribution in [1.29, 1.82) is 0 Å². The van der Waals surface area contributed by atoms with E-state index in [1.165, 1.54) is 35.6 Å². The highest BCUT2D eigenvalue weighted by molar-refractivity contribution is 7.14. The van der Waals surface area contributed by atoms with Crippen molar-refractivity contribution < 1.29 is 23.5 Å². The van der Waals surface area contributed by atoms with Gasteiger partial charge in [0.2, 0.25) is 0 Å². The largest absolute Gasteiger partial charge is 0.451 e. The van der Waals surface area contributed by atoms with Gasteiger partial charge in [-0.05, 0) is 37.1 Å². The van der Waals surface area contributed by atoms with Crippen LogP contribution in [0.1, 0.15) is 33.5 Å². The first kappa shape index (κ1) is 19.6. The van der Waals surface area contributed by atoms with Gasteiger partial charge >= 0.3 is 12.0 Å². The summed E-state index contributed by atoms with van der Waals surface area (Å²) >= 11 is 1.30. The third-order valence-corrected chi connectivity index (χ3v) is 4.52. The van der Waals surface area contributed by atoms with Gasteiger partial charge in [0, 0.05) is 4.88 Å². The molecule has 0 saturated carbocycles. The van der Waals surface area contributed by atoms with E-state index in [2.05, 4.69) is 5.32 Å². The Bertz CT molecular complexity index is 819. The van der Waals surface area contributed by atoms with Crippen LogP contribution in [0.25, 0.3) is 0 Å². The Balaban J connectivity index is 1.82. The molecule has 1 heterocycles. The lowest BCUT2D eigenvalue weighted by Crippen LogP contribution is -2.37. The molecule has 0 spiro atoms. The smallest absolute Gasteiger partial charge is 0.348 e. The van der Waals surface area contributed by atoms with E-state index in [9.17, 15) is 18.8 Å². The van der Waals surface area contributed by atoms with E-state index in [0.717, 1.165) is 23.3 Å². The molecule has 138 valence electrons. The molecule has 0 atom stereocenters. The average Bonchev–Trinajstić information content (AvgIpc) is 2.96. The number of carbonyl (C=O) groups is 3. The molecule has 1 aromatic carbocycles. The number of amides is 3. The Hall–Kier alpha value is -2.74. The molecule has 2 rings (SSSR count). The molecule has 8 heteroatoms. The van der Waals surface area contributed by atoms with Crippen LogP contribution in [0.5, 0.6) is 0 Å². The minimum Gasteiger partial charge on any atom is -0.451 e.